The number of rotatable bonds is 3. The molecule has 0 bridgehead atoms. The number of methoxy groups -OCH3 is 1. The Morgan fingerprint density at radius 3 is 2.68 bits per heavy atom. The molecule has 5 heteroatoms. The Hall–Kier alpha value is -3.34. The molecule has 1 aromatic heterocycles. The van der Waals surface area contributed by atoms with Crippen LogP contribution in [0.25, 0.3) is 33.2 Å². The van der Waals surface area contributed by atoms with Crippen molar-refractivity contribution in [3.8, 4) is 17.1 Å². The molecule has 124 valence electrons. The smallest absolute Gasteiger partial charge is 0.325 e. The molecule has 4 aromatic rings. The van der Waals surface area contributed by atoms with Gasteiger partial charge in [-0.25, -0.2) is 4.98 Å². The van der Waals surface area contributed by atoms with E-state index in [1.54, 1.807) is 12.1 Å². The summed E-state index contributed by atoms with van der Waals surface area (Å²) in [5, 5.41) is 11.6. The number of benzene rings is 3. The molecule has 5 nitrogen and oxygen atoms in total. The number of ether oxygens (including phenoxy) is 1. The van der Waals surface area contributed by atoms with Gasteiger partial charge in [-0.3, -0.25) is 4.79 Å². The molecule has 1 heterocycles. The first-order valence-corrected chi connectivity index (χ1v) is 7.91. The molecule has 0 atom stereocenters. The Bertz CT molecular complexity index is 1100. The Morgan fingerprint density at radius 1 is 1.08 bits per heavy atom. The van der Waals surface area contributed by atoms with Gasteiger partial charge in [-0.05, 0) is 41.1 Å². The summed E-state index contributed by atoms with van der Waals surface area (Å²) >= 11 is 0. The lowest BCUT2D eigenvalue weighted by atomic mass is 10.1. The van der Waals surface area contributed by atoms with Crippen LogP contribution < -0.4 is 0 Å². The highest BCUT2D eigenvalue weighted by molar-refractivity contribution is 5.89. The third-order valence-corrected chi connectivity index (χ3v) is 4.25. The van der Waals surface area contributed by atoms with Gasteiger partial charge in [-0.1, -0.05) is 30.3 Å². The van der Waals surface area contributed by atoms with E-state index in [0.717, 1.165) is 27.4 Å². The minimum Gasteiger partial charge on any atom is -0.508 e. The Kier molecular flexibility index (Phi) is 3.61. The summed E-state index contributed by atoms with van der Waals surface area (Å²) in [6.45, 7) is 0.0972. The number of hydrogen-bond acceptors (Lipinski definition) is 4. The molecule has 3 aromatic carbocycles. The van der Waals surface area contributed by atoms with Crippen molar-refractivity contribution < 1.29 is 14.6 Å². The van der Waals surface area contributed by atoms with Crippen LogP contribution >= 0.6 is 0 Å². The fourth-order valence-electron chi connectivity index (χ4n) is 3.02. The molecule has 0 aliphatic rings. The van der Waals surface area contributed by atoms with Crippen LogP contribution in [0.15, 0.2) is 60.7 Å². The maximum Gasteiger partial charge on any atom is 0.325 e. The molecule has 0 radical (unpaired) electrons. The maximum absolute atomic E-state index is 11.9. The molecule has 4 rings (SSSR count). The van der Waals surface area contributed by atoms with E-state index in [9.17, 15) is 9.90 Å². The van der Waals surface area contributed by atoms with E-state index in [1.165, 1.54) is 7.11 Å². The standard InChI is InChI=1S/C20H16N2O3/c1-25-19(24)12-22-18-5-3-2-4-17(18)21-20(22)15-7-6-14-11-16(23)9-8-13(14)10-15/h2-11,23H,12H2,1H3. The minimum absolute atomic E-state index is 0.0972. The highest BCUT2D eigenvalue weighted by atomic mass is 16.5. The number of phenolic OH excluding ortho intramolecular Hbond substituents is 1. The molecule has 0 amide bonds. The molecular weight excluding hydrogens is 316 g/mol. The second-order valence-corrected chi connectivity index (χ2v) is 5.83. The van der Waals surface area contributed by atoms with E-state index in [2.05, 4.69) is 0 Å². The van der Waals surface area contributed by atoms with Crippen LogP contribution in [0, 0.1) is 0 Å². The fraction of sp³-hybridized carbons (Fsp3) is 0.100. The molecule has 0 fully saturated rings. The second kappa shape index (κ2) is 5.94. The zero-order chi connectivity index (χ0) is 17.4. The van der Waals surface area contributed by atoms with Crippen LogP contribution in [0.1, 0.15) is 0 Å². The van der Waals surface area contributed by atoms with Gasteiger partial charge >= 0.3 is 5.97 Å². The molecule has 0 saturated carbocycles. The number of para-hydroxylation sites is 2. The van der Waals surface area contributed by atoms with Crippen molar-refractivity contribution in [1.82, 2.24) is 9.55 Å². The first-order valence-electron chi connectivity index (χ1n) is 7.91. The Morgan fingerprint density at radius 2 is 1.84 bits per heavy atom. The van der Waals surface area contributed by atoms with Gasteiger partial charge in [0.2, 0.25) is 0 Å². The predicted molar refractivity (Wildman–Crippen MR) is 96.4 cm³/mol. The molecular formula is C20H16N2O3. The Balaban J connectivity index is 1.92. The van der Waals surface area contributed by atoms with E-state index in [4.69, 9.17) is 9.72 Å². The molecule has 25 heavy (non-hydrogen) atoms. The first kappa shape index (κ1) is 15.2. The summed E-state index contributed by atoms with van der Waals surface area (Å²) in [5.41, 5.74) is 2.61. The van der Waals surface area contributed by atoms with Crippen LogP contribution in [0.3, 0.4) is 0 Å². The zero-order valence-corrected chi connectivity index (χ0v) is 13.6. The van der Waals surface area contributed by atoms with Gasteiger partial charge in [0, 0.05) is 5.56 Å². The highest BCUT2D eigenvalue weighted by Crippen LogP contribution is 2.29. The molecule has 0 saturated heterocycles. The Labute approximate surface area is 144 Å². The average molecular weight is 332 g/mol. The van der Waals surface area contributed by atoms with Gasteiger partial charge in [-0.15, -0.1) is 0 Å². The number of phenols is 1. The lowest BCUT2D eigenvalue weighted by Gasteiger charge is -2.09. The number of nitrogens with zero attached hydrogens (tertiary/aromatic N) is 2. The molecule has 1 N–H and O–H groups in total. The van der Waals surface area contributed by atoms with E-state index in [-0.39, 0.29) is 18.3 Å². The third kappa shape index (κ3) is 2.70. The number of aromatic nitrogens is 2. The number of imidazole rings is 1. The summed E-state index contributed by atoms with van der Waals surface area (Å²) in [5.74, 6) is 0.620. The molecule has 0 unspecified atom stereocenters. The van der Waals surface area contributed by atoms with E-state index in [0.29, 0.717) is 5.82 Å². The van der Waals surface area contributed by atoms with Gasteiger partial charge in [0.25, 0.3) is 0 Å². The highest BCUT2D eigenvalue weighted by Gasteiger charge is 2.15. The predicted octanol–water partition coefficient (Wildman–Crippen LogP) is 3.74. The zero-order valence-electron chi connectivity index (χ0n) is 13.6. The van der Waals surface area contributed by atoms with E-state index < -0.39 is 0 Å². The van der Waals surface area contributed by atoms with Crippen molar-refractivity contribution in [2.45, 2.75) is 6.54 Å². The molecule has 0 aliphatic heterocycles. The number of fused-ring (bicyclic) bond motifs is 2. The minimum atomic E-state index is -0.324. The van der Waals surface area contributed by atoms with Crippen LogP contribution in [0.2, 0.25) is 0 Å². The van der Waals surface area contributed by atoms with Gasteiger partial charge in [0.1, 0.15) is 18.1 Å². The quantitative estimate of drug-likeness (QED) is 0.581. The third-order valence-electron chi connectivity index (χ3n) is 4.25. The number of aromatic hydroxyl groups is 1. The largest absolute Gasteiger partial charge is 0.508 e. The van der Waals surface area contributed by atoms with Crippen LogP contribution in [0.5, 0.6) is 5.75 Å². The van der Waals surface area contributed by atoms with Crippen molar-refractivity contribution in [1.29, 1.82) is 0 Å². The number of hydrogen-bond donors (Lipinski definition) is 1. The summed E-state index contributed by atoms with van der Waals surface area (Å²) in [4.78, 5) is 16.6. The fourth-order valence-corrected chi connectivity index (χ4v) is 3.02. The van der Waals surface area contributed by atoms with Crippen molar-refractivity contribution >= 4 is 27.8 Å². The second-order valence-electron chi connectivity index (χ2n) is 5.83. The lowest BCUT2D eigenvalue weighted by Crippen LogP contribution is -2.12. The van der Waals surface area contributed by atoms with Crippen molar-refractivity contribution in [3.63, 3.8) is 0 Å². The number of carbonyl (C=O) groups excluding carboxylic acids is 1. The van der Waals surface area contributed by atoms with Gasteiger partial charge in [-0.2, -0.15) is 0 Å². The average Bonchev–Trinajstić information content (AvgIpc) is 2.99. The summed E-state index contributed by atoms with van der Waals surface area (Å²) in [7, 11) is 1.38. The summed E-state index contributed by atoms with van der Waals surface area (Å²) in [6, 6.07) is 18.8. The van der Waals surface area contributed by atoms with Crippen LogP contribution in [0.4, 0.5) is 0 Å². The number of esters is 1. The molecule has 0 aliphatic carbocycles. The summed E-state index contributed by atoms with van der Waals surface area (Å²) in [6.07, 6.45) is 0. The van der Waals surface area contributed by atoms with Gasteiger partial charge < -0.3 is 14.4 Å². The summed E-state index contributed by atoms with van der Waals surface area (Å²) < 4.78 is 6.70. The lowest BCUT2D eigenvalue weighted by molar-refractivity contribution is -0.141. The first-order chi connectivity index (χ1) is 12.2. The van der Waals surface area contributed by atoms with Gasteiger partial charge in [0.05, 0.1) is 18.1 Å². The number of carbonyl (C=O) groups is 1. The SMILES string of the molecule is COC(=O)Cn1c(-c2ccc3cc(O)ccc3c2)nc2ccccc21. The van der Waals surface area contributed by atoms with Crippen molar-refractivity contribution in [2.75, 3.05) is 7.11 Å². The molecule has 0 spiro atoms. The van der Waals surface area contributed by atoms with E-state index >= 15 is 0 Å². The van der Waals surface area contributed by atoms with Gasteiger partial charge in [0.15, 0.2) is 0 Å². The van der Waals surface area contributed by atoms with Crippen LogP contribution in [-0.4, -0.2) is 27.7 Å². The monoisotopic (exact) mass is 332 g/mol. The van der Waals surface area contributed by atoms with Crippen LogP contribution in [-0.2, 0) is 16.1 Å². The van der Waals surface area contributed by atoms with Crippen molar-refractivity contribution in [3.05, 3.63) is 60.7 Å². The topological polar surface area (TPSA) is 64.3 Å². The van der Waals surface area contributed by atoms with Crippen molar-refractivity contribution in [2.24, 2.45) is 0 Å². The van der Waals surface area contributed by atoms with E-state index in [1.807, 2.05) is 53.1 Å². The maximum atomic E-state index is 11.9. The normalized spacial score (nSPS) is 11.1.